The first-order valence-corrected chi connectivity index (χ1v) is 8.81. The number of nitrogens with zero attached hydrogens (tertiary/aromatic N) is 4. The molecule has 3 aliphatic rings. The smallest absolute Gasteiger partial charge is 0.139 e. The van der Waals surface area contributed by atoms with Crippen molar-refractivity contribution in [1.82, 2.24) is 9.80 Å². The van der Waals surface area contributed by atoms with Crippen LogP contribution in [0, 0.1) is 5.92 Å². The van der Waals surface area contributed by atoms with Crippen LogP contribution >= 0.6 is 11.6 Å². The monoisotopic (exact) mass is 320 g/mol. The van der Waals surface area contributed by atoms with Gasteiger partial charge in [0, 0.05) is 25.3 Å². The van der Waals surface area contributed by atoms with Crippen LogP contribution in [-0.2, 0) is 0 Å². The van der Waals surface area contributed by atoms with Crippen molar-refractivity contribution in [1.29, 1.82) is 0 Å². The van der Waals surface area contributed by atoms with E-state index in [9.17, 15) is 0 Å². The minimum Gasteiger partial charge on any atom is -0.353 e. The van der Waals surface area contributed by atoms with Gasteiger partial charge < -0.3 is 9.80 Å². The number of halogens is 1. The van der Waals surface area contributed by atoms with Gasteiger partial charge in [-0.1, -0.05) is 0 Å². The number of aliphatic imine (C=N–C) groups is 2. The molecule has 0 amide bonds. The van der Waals surface area contributed by atoms with Gasteiger partial charge in [0.1, 0.15) is 17.7 Å². The van der Waals surface area contributed by atoms with E-state index >= 15 is 0 Å². The summed E-state index contributed by atoms with van der Waals surface area (Å²) in [5.74, 6) is 2.73. The third-order valence-electron chi connectivity index (χ3n) is 4.76. The minimum atomic E-state index is 0.279. The average molecular weight is 321 g/mol. The molecule has 1 saturated heterocycles. The molecule has 1 atom stereocenters. The zero-order valence-electron chi connectivity index (χ0n) is 13.3. The molecule has 0 N–H and O–H groups in total. The number of piperidine rings is 1. The molecular formula is C17H25ClN4. The summed E-state index contributed by atoms with van der Waals surface area (Å²) in [6.07, 6.45) is 10.6. The van der Waals surface area contributed by atoms with E-state index in [0.717, 1.165) is 36.2 Å². The summed E-state index contributed by atoms with van der Waals surface area (Å²) in [7, 11) is 0. The highest BCUT2D eigenvalue weighted by Gasteiger charge is 2.31. The standard InChI is InChI=1S/C17H25ClN4/c1-13-5-3-4-9-22(13)16(19-2)15-8-10-21(11-14-6-7-14)17(15)20-12-18/h8,10,13-14H,2-7,9,11-12H2,1H3/b16-15+,20-17?. The van der Waals surface area contributed by atoms with Crippen molar-refractivity contribution in [2.75, 3.05) is 19.1 Å². The lowest BCUT2D eigenvalue weighted by atomic mass is 10.0. The highest BCUT2D eigenvalue weighted by atomic mass is 35.5. The molecule has 0 aromatic heterocycles. The maximum absolute atomic E-state index is 5.90. The van der Waals surface area contributed by atoms with Crippen LogP contribution in [0.3, 0.4) is 0 Å². The van der Waals surface area contributed by atoms with E-state index in [1.807, 2.05) is 0 Å². The lowest BCUT2D eigenvalue weighted by molar-refractivity contribution is 0.206. The Morgan fingerprint density at radius 1 is 1.36 bits per heavy atom. The van der Waals surface area contributed by atoms with E-state index in [-0.39, 0.29) is 6.00 Å². The molecule has 2 fully saturated rings. The molecule has 0 radical (unpaired) electrons. The second-order valence-corrected chi connectivity index (χ2v) is 6.69. The van der Waals surface area contributed by atoms with Gasteiger partial charge in [-0.25, -0.2) is 4.99 Å². The Labute approximate surface area is 138 Å². The predicted octanol–water partition coefficient (Wildman–Crippen LogP) is 3.61. The second-order valence-electron chi connectivity index (χ2n) is 6.45. The fourth-order valence-electron chi connectivity index (χ4n) is 3.34. The van der Waals surface area contributed by atoms with Gasteiger partial charge in [0.15, 0.2) is 0 Å². The predicted molar refractivity (Wildman–Crippen MR) is 93.3 cm³/mol. The van der Waals surface area contributed by atoms with E-state index in [0.29, 0.717) is 6.04 Å². The Hall–Kier alpha value is -1.29. The quantitative estimate of drug-likeness (QED) is 0.440. The molecule has 120 valence electrons. The molecule has 0 spiro atoms. The Kier molecular flexibility index (Phi) is 4.87. The number of likely N-dealkylation sites (tertiary alicyclic amines) is 1. The van der Waals surface area contributed by atoms with Gasteiger partial charge in [-0.15, -0.1) is 11.6 Å². The van der Waals surface area contributed by atoms with Gasteiger partial charge in [0.2, 0.25) is 0 Å². The molecule has 2 aliphatic heterocycles. The number of amidine groups is 1. The normalized spacial score (nSPS) is 29.4. The fraction of sp³-hybridized carbons (Fsp3) is 0.647. The zero-order chi connectivity index (χ0) is 15.5. The maximum atomic E-state index is 5.90. The lowest BCUT2D eigenvalue weighted by Gasteiger charge is -2.36. The molecule has 1 aliphatic carbocycles. The topological polar surface area (TPSA) is 31.2 Å². The number of rotatable bonds is 5. The van der Waals surface area contributed by atoms with Gasteiger partial charge in [-0.3, -0.25) is 4.99 Å². The molecule has 2 heterocycles. The van der Waals surface area contributed by atoms with Crippen LogP contribution in [0.15, 0.2) is 33.7 Å². The van der Waals surface area contributed by atoms with Crippen LogP contribution in [0.2, 0.25) is 0 Å². The summed E-state index contributed by atoms with van der Waals surface area (Å²) in [4.78, 5) is 13.5. The summed E-state index contributed by atoms with van der Waals surface area (Å²) < 4.78 is 0. The molecular weight excluding hydrogens is 296 g/mol. The van der Waals surface area contributed by atoms with E-state index in [1.165, 1.54) is 32.1 Å². The highest BCUT2D eigenvalue weighted by Crippen LogP contribution is 2.33. The molecule has 0 aromatic rings. The fourth-order valence-corrected chi connectivity index (χ4v) is 3.45. The van der Waals surface area contributed by atoms with Crippen LogP contribution in [0.1, 0.15) is 39.0 Å². The van der Waals surface area contributed by atoms with Crippen LogP contribution < -0.4 is 0 Å². The maximum Gasteiger partial charge on any atom is 0.139 e. The first-order chi connectivity index (χ1) is 10.7. The highest BCUT2D eigenvalue weighted by molar-refractivity contribution is 6.19. The first kappa shape index (κ1) is 15.6. The summed E-state index contributed by atoms with van der Waals surface area (Å²) in [6.45, 7) is 8.17. The largest absolute Gasteiger partial charge is 0.353 e. The molecule has 0 aromatic carbocycles. The lowest BCUT2D eigenvalue weighted by Crippen LogP contribution is -2.37. The van der Waals surface area contributed by atoms with Gasteiger partial charge in [-0.05, 0) is 57.7 Å². The number of alkyl halides is 1. The Morgan fingerprint density at radius 3 is 2.82 bits per heavy atom. The first-order valence-electron chi connectivity index (χ1n) is 8.28. The van der Waals surface area contributed by atoms with E-state index in [2.05, 4.69) is 45.7 Å². The van der Waals surface area contributed by atoms with Gasteiger partial charge >= 0.3 is 0 Å². The van der Waals surface area contributed by atoms with Crippen molar-refractivity contribution in [3.05, 3.63) is 23.7 Å². The van der Waals surface area contributed by atoms with E-state index in [4.69, 9.17) is 11.6 Å². The van der Waals surface area contributed by atoms with E-state index in [1.54, 1.807) is 0 Å². The van der Waals surface area contributed by atoms with Crippen LogP contribution in [-0.4, -0.2) is 47.5 Å². The van der Waals surface area contributed by atoms with Crippen molar-refractivity contribution in [3.8, 4) is 0 Å². The second kappa shape index (κ2) is 6.86. The Balaban J connectivity index is 1.89. The molecule has 3 rings (SSSR count). The number of hydrogen-bond donors (Lipinski definition) is 0. The molecule has 4 nitrogen and oxygen atoms in total. The van der Waals surface area contributed by atoms with Gasteiger partial charge in [0.05, 0.1) is 5.57 Å². The third-order valence-corrected chi connectivity index (χ3v) is 4.88. The van der Waals surface area contributed by atoms with Crippen molar-refractivity contribution in [2.45, 2.75) is 45.1 Å². The van der Waals surface area contributed by atoms with Crippen molar-refractivity contribution >= 4 is 24.2 Å². The third kappa shape index (κ3) is 3.22. The summed E-state index contributed by atoms with van der Waals surface area (Å²) >= 11 is 5.90. The van der Waals surface area contributed by atoms with Crippen molar-refractivity contribution in [2.24, 2.45) is 15.9 Å². The van der Waals surface area contributed by atoms with Crippen molar-refractivity contribution in [3.63, 3.8) is 0 Å². The number of hydrogen-bond acceptors (Lipinski definition) is 3. The van der Waals surface area contributed by atoms with Gasteiger partial charge in [0.25, 0.3) is 0 Å². The molecule has 0 bridgehead atoms. The minimum absolute atomic E-state index is 0.279. The van der Waals surface area contributed by atoms with Crippen LogP contribution in [0.5, 0.6) is 0 Å². The summed E-state index contributed by atoms with van der Waals surface area (Å²) in [5.41, 5.74) is 1.07. The van der Waals surface area contributed by atoms with Crippen molar-refractivity contribution < 1.29 is 0 Å². The molecule has 1 saturated carbocycles. The summed E-state index contributed by atoms with van der Waals surface area (Å²) in [5, 5.41) is 0. The zero-order valence-corrected chi connectivity index (χ0v) is 14.1. The molecule has 22 heavy (non-hydrogen) atoms. The molecule has 1 unspecified atom stereocenters. The average Bonchev–Trinajstić information content (AvgIpc) is 3.26. The van der Waals surface area contributed by atoms with Crippen LogP contribution in [0.25, 0.3) is 0 Å². The summed E-state index contributed by atoms with van der Waals surface area (Å²) in [6, 6.07) is 0.784. The van der Waals surface area contributed by atoms with Crippen LogP contribution in [0.4, 0.5) is 0 Å². The van der Waals surface area contributed by atoms with E-state index < -0.39 is 0 Å². The molecule has 5 heteroatoms. The van der Waals surface area contributed by atoms with Gasteiger partial charge in [-0.2, -0.15) is 0 Å². The SMILES string of the molecule is C=N/C(=C1/C=CN(CC2CC2)C1=NCCl)N1CCCCC1C. The Morgan fingerprint density at radius 2 is 2.18 bits per heavy atom. The Bertz CT molecular complexity index is 519.